The van der Waals surface area contributed by atoms with Crippen molar-refractivity contribution in [1.29, 1.82) is 0 Å². The lowest BCUT2D eigenvalue weighted by atomic mass is 9.87. The number of methoxy groups -OCH3 is 1. The highest BCUT2D eigenvalue weighted by atomic mass is 16.5. The summed E-state index contributed by atoms with van der Waals surface area (Å²) in [6.45, 7) is 6.84. The Labute approximate surface area is 202 Å². The molecule has 0 spiro atoms. The number of ether oxygens (including phenoxy) is 1. The molecule has 0 unspecified atom stereocenters. The van der Waals surface area contributed by atoms with E-state index in [-0.39, 0.29) is 23.5 Å². The number of benzene rings is 2. The van der Waals surface area contributed by atoms with Crippen molar-refractivity contribution >= 4 is 5.65 Å². The molecule has 0 saturated carbocycles. The molecule has 0 N–H and O–H groups in total. The van der Waals surface area contributed by atoms with E-state index < -0.39 is 0 Å². The van der Waals surface area contributed by atoms with Gasteiger partial charge in [-0.15, -0.1) is 5.10 Å². The van der Waals surface area contributed by atoms with Crippen LogP contribution in [-0.2, 0) is 23.3 Å². The van der Waals surface area contributed by atoms with E-state index >= 15 is 0 Å². The van der Waals surface area contributed by atoms with Gasteiger partial charge in [-0.1, -0.05) is 80.5 Å². The van der Waals surface area contributed by atoms with Crippen LogP contribution in [0.2, 0.25) is 0 Å². The second-order valence-corrected chi connectivity index (χ2v) is 9.34. The predicted octanol–water partition coefficient (Wildman–Crippen LogP) is 4.10. The van der Waals surface area contributed by atoms with E-state index in [1.165, 1.54) is 14.6 Å². The quantitative estimate of drug-likeness (QED) is 0.368. The van der Waals surface area contributed by atoms with Crippen LogP contribution in [0.1, 0.15) is 37.9 Å². The van der Waals surface area contributed by atoms with Gasteiger partial charge in [-0.2, -0.15) is 4.98 Å². The van der Waals surface area contributed by atoms with Crippen molar-refractivity contribution in [3.8, 4) is 22.8 Å². The summed E-state index contributed by atoms with van der Waals surface area (Å²) in [5, 5.41) is 8.60. The smallest absolute Gasteiger partial charge is 0.352 e. The first-order valence-electron chi connectivity index (χ1n) is 11.3. The van der Waals surface area contributed by atoms with Crippen LogP contribution >= 0.6 is 0 Å². The molecule has 5 rings (SSSR count). The molecule has 0 aliphatic carbocycles. The third kappa shape index (κ3) is 4.50. The van der Waals surface area contributed by atoms with Crippen LogP contribution in [0.15, 0.2) is 70.0 Å². The van der Waals surface area contributed by atoms with Crippen molar-refractivity contribution in [3.05, 3.63) is 88.3 Å². The topological polar surface area (TPSA) is 100 Å². The summed E-state index contributed by atoms with van der Waals surface area (Å²) < 4.78 is 13.5. The van der Waals surface area contributed by atoms with Gasteiger partial charge in [0.2, 0.25) is 11.7 Å². The van der Waals surface area contributed by atoms with Crippen molar-refractivity contribution < 1.29 is 9.26 Å². The van der Waals surface area contributed by atoms with E-state index in [9.17, 15) is 4.79 Å². The number of rotatable bonds is 6. The van der Waals surface area contributed by atoms with Gasteiger partial charge in [0.05, 0.1) is 12.3 Å². The van der Waals surface area contributed by atoms with E-state index in [2.05, 4.69) is 53.1 Å². The maximum absolute atomic E-state index is 13.3. The molecule has 178 valence electrons. The zero-order valence-corrected chi connectivity index (χ0v) is 20.1. The first-order chi connectivity index (χ1) is 16.8. The fourth-order valence-corrected chi connectivity index (χ4v) is 3.87. The van der Waals surface area contributed by atoms with Gasteiger partial charge in [0.25, 0.3) is 0 Å². The SMILES string of the molecule is COCc1cc2nn(Cc3nc(-c4ccc(C(C)(C)C)cc4)no3)c(=O)n2c(-c2ccccc2)n1. The molecule has 3 heterocycles. The van der Waals surface area contributed by atoms with Gasteiger partial charge in [0, 0.05) is 24.3 Å². The van der Waals surface area contributed by atoms with Gasteiger partial charge in [-0.25, -0.2) is 18.9 Å². The largest absolute Gasteiger partial charge is 0.378 e. The second kappa shape index (κ2) is 8.92. The maximum Gasteiger partial charge on any atom is 0.352 e. The molecular formula is C26H26N6O3. The Bertz CT molecular complexity index is 1530. The van der Waals surface area contributed by atoms with E-state index in [0.29, 0.717) is 29.6 Å². The first kappa shape index (κ1) is 22.7. The van der Waals surface area contributed by atoms with Gasteiger partial charge >= 0.3 is 5.69 Å². The van der Waals surface area contributed by atoms with Gasteiger partial charge in [-0.3, -0.25) is 0 Å². The second-order valence-electron chi connectivity index (χ2n) is 9.34. The minimum Gasteiger partial charge on any atom is -0.378 e. The van der Waals surface area contributed by atoms with E-state index in [4.69, 9.17) is 9.26 Å². The lowest BCUT2D eigenvalue weighted by Crippen LogP contribution is -2.23. The predicted molar refractivity (Wildman–Crippen MR) is 131 cm³/mol. The lowest BCUT2D eigenvalue weighted by molar-refractivity contribution is 0.181. The molecule has 3 aromatic heterocycles. The molecule has 0 fully saturated rings. The summed E-state index contributed by atoms with van der Waals surface area (Å²) >= 11 is 0. The first-order valence-corrected chi connectivity index (χ1v) is 11.3. The van der Waals surface area contributed by atoms with Gasteiger partial charge in [0.1, 0.15) is 12.4 Å². The molecule has 0 aliphatic rings. The third-order valence-corrected chi connectivity index (χ3v) is 5.71. The summed E-state index contributed by atoms with van der Waals surface area (Å²) in [6.07, 6.45) is 0. The highest BCUT2D eigenvalue weighted by Crippen LogP contribution is 2.25. The Morgan fingerprint density at radius 2 is 1.71 bits per heavy atom. The lowest BCUT2D eigenvalue weighted by Gasteiger charge is -2.18. The summed E-state index contributed by atoms with van der Waals surface area (Å²) in [4.78, 5) is 22.4. The summed E-state index contributed by atoms with van der Waals surface area (Å²) in [7, 11) is 1.60. The molecular weight excluding hydrogens is 444 g/mol. The van der Waals surface area contributed by atoms with Crippen molar-refractivity contribution in [3.63, 3.8) is 0 Å². The molecule has 9 nitrogen and oxygen atoms in total. The van der Waals surface area contributed by atoms with Gasteiger partial charge in [-0.05, 0) is 11.0 Å². The Hall–Kier alpha value is -4.11. The summed E-state index contributed by atoms with van der Waals surface area (Å²) in [5.74, 6) is 1.25. The molecule has 0 atom stereocenters. The van der Waals surface area contributed by atoms with Crippen LogP contribution < -0.4 is 5.69 Å². The molecule has 9 heteroatoms. The molecule has 35 heavy (non-hydrogen) atoms. The average Bonchev–Trinajstić information content (AvgIpc) is 3.44. The number of nitrogens with zero attached hydrogens (tertiary/aromatic N) is 6. The van der Waals surface area contributed by atoms with E-state index in [0.717, 1.165) is 11.1 Å². The van der Waals surface area contributed by atoms with Gasteiger partial charge < -0.3 is 9.26 Å². The zero-order valence-electron chi connectivity index (χ0n) is 20.1. The third-order valence-electron chi connectivity index (χ3n) is 5.71. The van der Waals surface area contributed by atoms with Crippen molar-refractivity contribution in [2.24, 2.45) is 0 Å². The molecule has 0 bridgehead atoms. The molecule has 0 amide bonds. The van der Waals surface area contributed by atoms with Crippen LogP contribution in [0.5, 0.6) is 0 Å². The summed E-state index contributed by atoms with van der Waals surface area (Å²) in [6, 6.07) is 19.3. The standard InChI is InChI=1S/C26H26N6O3/c1-26(2,3)19-12-10-17(11-13-19)23-28-22(35-30-23)15-31-25(33)32-21(29-31)14-20(16-34-4)27-24(32)18-8-6-5-7-9-18/h5-14H,15-16H2,1-4H3. The molecule has 5 aromatic rings. The highest BCUT2D eigenvalue weighted by molar-refractivity contribution is 5.59. The minimum atomic E-state index is -0.343. The molecule has 0 aliphatic heterocycles. The van der Waals surface area contributed by atoms with E-state index in [1.54, 1.807) is 13.2 Å². The fraction of sp³-hybridized carbons (Fsp3) is 0.269. The highest BCUT2D eigenvalue weighted by Gasteiger charge is 2.18. The number of hydrogen-bond donors (Lipinski definition) is 0. The van der Waals surface area contributed by atoms with Crippen LogP contribution in [0.4, 0.5) is 0 Å². The average molecular weight is 471 g/mol. The minimum absolute atomic E-state index is 0.0431. The van der Waals surface area contributed by atoms with Crippen molar-refractivity contribution in [2.45, 2.75) is 39.3 Å². The van der Waals surface area contributed by atoms with E-state index in [1.807, 2.05) is 42.5 Å². The Morgan fingerprint density at radius 3 is 2.40 bits per heavy atom. The fourth-order valence-electron chi connectivity index (χ4n) is 3.87. The van der Waals surface area contributed by atoms with Crippen LogP contribution in [-0.4, -0.2) is 36.4 Å². The number of hydrogen-bond acceptors (Lipinski definition) is 7. The van der Waals surface area contributed by atoms with Crippen LogP contribution in [0.3, 0.4) is 0 Å². The molecule has 0 saturated heterocycles. The van der Waals surface area contributed by atoms with Crippen molar-refractivity contribution in [2.75, 3.05) is 7.11 Å². The zero-order chi connectivity index (χ0) is 24.6. The monoisotopic (exact) mass is 470 g/mol. The Kier molecular flexibility index (Phi) is 5.78. The van der Waals surface area contributed by atoms with Crippen LogP contribution in [0, 0.1) is 0 Å². The summed E-state index contributed by atoms with van der Waals surface area (Å²) in [5.41, 5.74) is 3.72. The Morgan fingerprint density at radius 1 is 0.971 bits per heavy atom. The number of fused-ring (bicyclic) bond motifs is 1. The van der Waals surface area contributed by atoms with Crippen LogP contribution in [0.25, 0.3) is 28.4 Å². The van der Waals surface area contributed by atoms with Crippen molar-refractivity contribution in [1.82, 2.24) is 29.3 Å². The number of aromatic nitrogens is 6. The normalized spacial score (nSPS) is 11.9. The molecule has 2 aromatic carbocycles. The molecule has 0 radical (unpaired) electrons. The Balaban J connectivity index is 1.49. The maximum atomic E-state index is 13.3. The van der Waals surface area contributed by atoms with Gasteiger partial charge in [0.15, 0.2) is 5.65 Å².